The van der Waals surface area contributed by atoms with Gasteiger partial charge < -0.3 is 9.84 Å². The van der Waals surface area contributed by atoms with Gasteiger partial charge in [0.05, 0.1) is 13.3 Å². The van der Waals surface area contributed by atoms with Crippen LogP contribution in [0.15, 0.2) is 53.6 Å². The lowest BCUT2D eigenvalue weighted by molar-refractivity contribution is 0.0955. The third kappa shape index (κ3) is 3.14. The minimum absolute atomic E-state index is 0.0206. The van der Waals surface area contributed by atoms with E-state index in [1.165, 1.54) is 13.3 Å². The Balaban J connectivity index is 2.06. The summed E-state index contributed by atoms with van der Waals surface area (Å²) >= 11 is 0. The molecule has 0 heterocycles. The second kappa shape index (κ2) is 6.38. The highest BCUT2D eigenvalue weighted by molar-refractivity contribution is 5.95. The van der Waals surface area contributed by atoms with Gasteiger partial charge in [0.15, 0.2) is 11.5 Å². The molecule has 0 unspecified atom stereocenters. The Morgan fingerprint density at radius 1 is 1.20 bits per heavy atom. The van der Waals surface area contributed by atoms with Crippen molar-refractivity contribution in [2.75, 3.05) is 7.11 Å². The van der Waals surface area contributed by atoms with Crippen LogP contribution in [-0.4, -0.2) is 24.3 Å². The van der Waals surface area contributed by atoms with Crippen LogP contribution >= 0.6 is 0 Å². The highest BCUT2D eigenvalue weighted by Crippen LogP contribution is 2.27. The van der Waals surface area contributed by atoms with Crippen molar-refractivity contribution in [1.82, 2.24) is 5.43 Å². The van der Waals surface area contributed by atoms with Crippen molar-refractivity contribution in [2.45, 2.75) is 0 Å². The van der Waals surface area contributed by atoms with E-state index >= 15 is 0 Å². The highest BCUT2D eigenvalue weighted by Gasteiger charge is 2.05. The average molecular weight is 270 g/mol. The molecular weight excluding hydrogens is 256 g/mol. The fourth-order valence-corrected chi connectivity index (χ4v) is 1.62. The SMILES string of the molecule is COc1cccc(/C=N/NC(=O)c2ccccc2)c1O. The number of carbonyl (C=O) groups is 1. The summed E-state index contributed by atoms with van der Waals surface area (Å²) in [6.07, 6.45) is 1.36. The lowest BCUT2D eigenvalue weighted by atomic mass is 10.2. The van der Waals surface area contributed by atoms with Gasteiger partial charge in [-0.1, -0.05) is 24.3 Å². The largest absolute Gasteiger partial charge is 0.504 e. The van der Waals surface area contributed by atoms with Gasteiger partial charge in [-0.2, -0.15) is 5.10 Å². The zero-order valence-electron chi connectivity index (χ0n) is 10.9. The van der Waals surface area contributed by atoms with Crippen molar-refractivity contribution < 1.29 is 14.6 Å². The summed E-state index contributed by atoms with van der Waals surface area (Å²) in [4.78, 5) is 11.7. The number of carbonyl (C=O) groups excluding carboxylic acids is 1. The van der Waals surface area contributed by atoms with Crippen LogP contribution in [0.5, 0.6) is 11.5 Å². The summed E-state index contributed by atoms with van der Waals surface area (Å²) < 4.78 is 4.98. The van der Waals surface area contributed by atoms with Crippen molar-refractivity contribution in [3.63, 3.8) is 0 Å². The van der Waals surface area contributed by atoms with Crippen LogP contribution in [0.2, 0.25) is 0 Å². The van der Waals surface area contributed by atoms with E-state index < -0.39 is 0 Å². The van der Waals surface area contributed by atoms with E-state index in [-0.39, 0.29) is 11.7 Å². The Hall–Kier alpha value is -2.82. The van der Waals surface area contributed by atoms with E-state index in [0.29, 0.717) is 16.9 Å². The van der Waals surface area contributed by atoms with Crippen molar-refractivity contribution in [3.8, 4) is 11.5 Å². The Morgan fingerprint density at radius 3 is 2.65 bits per heavy atom. The van der Waals surface area contributed by atoms with E-state index in [0.717, 1.165) is 0 Å². The number of amides is 1. The molecule has 0 fully saturated rings. The van der Waals surface area contributed by atoms with E-state index in [4.69, 9.17) is 4.74 Å². The van der Waals surface area contributed by atoms with Gasteiger partial charge in [0.25, 0.3) is 5.91 Å². The maximum absolute atomic E-state index is 11.7. The predicted molar refractivity (Wildman–Crippen MR) is 76.2 cm³/mol. The van der Waals surface area contributed by atoms with E-state index in [2.05, 4.69) is 10.5 Å². The molecule has 0 aliphatic carbocycles. The maximum Gasteiger partial charge on any atom is 0.271 e. The Morgan fingerprint density at radius 2 is 1.95 bits per heavy atom. The molecule has 102 valence electrons. The molecule has 2 aromatic carbocycles. The Bertz CT molecular complexity index is 624. The van der Waals surface area contributed by atoms with Gasteiger partial charge in [0.2, 0.25) is 0 Å². The van der Waals surface area contributed by atoms with Gasteiger partial charge in [-0.25, -0.2) is 5.43 Å². The second-order valence-electron chi connectivity index (χ2n) is 3.96. The maximum atomic E-state index is 11.7. The molecule has 0 spiro atoms. The number of methoxy groups -OCH3 is 1. The van der Waals surface area contributed by atoms with Crippen LogP contribution in [0.1, 0.15) is 15.9 Å². The van der Waals surface area contributed by atoms with Crippen LogP contribution < -0.4 is 10.2 Å². The predicted octanol–water partition coefficient (Wildman–Crippen LogP) is 2.16. The lowest BCUT2D eigenvalue weighted by Crippen LogP contribution is -2.17. The number of nitrogens with one attached hydrogen (secondary N) is 1. The molecule has 0 bridgehead atoms. The molecule has 5 nitrogen and oxygen atoms in total. The normalized spacial score (nSPS) is 10.4. The molecule has 2 aromatic rings. The Labute approximate surface area is 116 Å². The molecule has 2 rings (SSSR count). The number of phenolic OH excluding ortho intramolecular Hbond substituents is 1. The standard InChI is InChI=1S/C15H14N2O3/c1-20-13-9-5-8-12(14(13)18)10-16-17-15(19)11-6-3-2-4-7-11/h2-10,18H,1H3,(H,17,19)/b16-10+. The summed E-state index contributed by atoms with van der Waals surface area (Å²) in [6.45, 7) is 0. The van der Waals surface area contributed by atoms with Crippen molar-refractivity contribution >= 4 is 12.1 Å². The fourth-order valence-electron chi connectivity index (χ4n) is 1.62. The molecule has 20 heavy (non-hydrogen) atoms. The molecule has 0 radical (unpaired) electrons. The first-order valence-electron chi connectivity index (χ1n) is 5.97. The minimum Gasteiger partial charge on any atom is -0.504 e. The molecule has 0 atom stereocenters. The van der Waals surface area contributed by atoms with Gasteiger partial charge in [0, 0.05) is 11.1 Å². The van der Waals surface area contributed by atoms with E-state index in [1.807, 2.05) is 6.07 Å². The summed E-state index contributed by atoms with van der Waals surface area (Å²) in [5.41, 5.74) is 3.36. The van der Waals surface area contributed by atoms with Gasteiger partial charge >= 0.3 is 0 Å². The Kier molecular flexibility index (Phi) is 4.34. The molecule has 0 aliphatic heterocycles. The molecule has 0 saturated heterocycles. The highest BCUT2D eigenvalue weighted by atomic mass is 16.5. The summed E-state index contributed by atoms with van der Waals surface area (Å²) in [5.74, 6) is 0.0141. The van der Waals surface area contributed by atoms with Crippen LogP contribution in [-0.2, 0) is 0 Å². The quantitative estimate of drug-likeness (QED) is 0.660. The van der Waals surface area contributed by atoms with Gasteiger partial charge in [-0.3, -0.25) is 4.79 Å². The number of phenols is 1. The number of hydrogen-bond acceptors (Lipinski definition) is 4. The summed E-state index contributed by atoms with van der Waals surface area (Å²) in [5, 5.41) is 13.7. The third-order valence-corrected chi connectivity index (χ3v) is 2.66. The van der Waals surface area contributed by atoms with Crippen LogP contribution in [0, 0.1) is 0 Å². The van der Waals surface area contributed by atoms with Crippen molar-refractivity contribution in [3.05, 3.63) is 59.7 Å². The lowest BCUT2D eigenvalue weighted by Gasteiger charge is -2.05. The molecule has 0 aliphatic rings. The number of benzene rings is 2. The van der Waals surface area contributed by atoms with Gasteiger partial charge in [-0.15, -0.1) is 0 Å². The summed E-state index contributed by atoms with van der Waals surface area (Å²) in [7, 11) is 1.47. The van der Waals surface area contributed by atoms with Crippen LogP contribution in [0.3, 0.4) is 0 Å². The number of rotatable bonds is 4. The van der Waals surface area contributed by atoms with Crippen LogP contribution in [0.25, 0.3) is 0 Å². The molecular formula is C15H14N2O3. The van der Waals surface area contributed by atoms with E-state index in [9.17, 15) is 9.90 Å². The van der Waals surface area contributed by atoms with Gasteiger partial charge in [0.1, 0.15) is 0 Å². The van der Waals surface area contributed by atoms with Gasteiger partial charge in [-0.05, 0) is 24.3 Å². The van der Waals surface area contributed by atoms with Crippen molar-refractivity contribution in [2.24, 2.45) is 5.10 Å². The summed E-state index contributed by atoms with van der Waals surface area (Å²) in [6, 6.07) is 13.8. The number of hydrogen-bond donors (Lipinski definition) is 2. The third-order valence-electron chi connectivity index (χ3n) is 2.66. The number of nitrogens with zero attached hydrogens (tertiary/aromatic N) is 1. The number of hydrazone groups is 1. The number of ether oxygens (including phenoxy) is 1. The fraction of sp³-hybridized carbons (Fsp3) is 0.0667. The molecule has 2 N–H and O–H groups in total. The molecule has 0 aromatic heterocycles. The van der Waals surface area contributed by atoms with Crippen LogP contribution in [0.4, 0.5) is 0 Å². The minimum atomic E-state index is -0.316. The number of aromatic hydroxyl groups is 1. The second-order valence-corrected chi connectivity index (χ2v) is 3.96. The zero-order chi connectivity index (χ0) is 14.4. The molecule has 1 amide bonds. The molecule has 0 saturated carbocycles. The van der Waals surface area contributed by atoms with E-state index in [1.54, 1.807) is 42.5 Å². The first-order chi connectivity index (χ1) is 9.72. The zero-order valence-corrected chi connectivity index (χ0v) is 10.9. The smallest absolute Gasteiger partial charge is 0.271 e. The molecule has 5 heteroatoms. The first kappa shape index (κ1) is 13.6. The number of para-hydroxylation sites is 1. The first-order valence-corrected chi connectivity index (χ1v) is 5.97. The monoisotopic (exact) mass is 270 g/mol. The topological polar surface area (TPSA) is 70.9 Å². The van der Waals surface area contributed by atoms with Crippen molar-refractivity contribution in [1.29, 1.82) is 0 Å². The average Bonchev–Trinajstić information content (AvgIpc) is 2.49.